The molecule has 14 nitrogen and oxygen atoms in total. The van der Waals surface area contributed by atoms with E-state index in [0.717, 1.165) is 16.8 Å². The zero-order valence-electron chi connectivity index (χ0n) is 19.2. The maximum absolute atomic E-state index is 14.9. The molecule has 0 spiro atoms. The molecular weight excluding hydrogens is 489 g/mol. The number of aromatic nitrogens is 2. The number of nitrogens with zero attached hydrogens (tertiary/aromatic N) is 7. The fourth-order valence-electron chi connectivity index (χ4n) is 4.06. The van der Waals surface area contributed by atoms with E-state index in [1.165, 1.54) is 30.5 Å². The Kier molecular flexibility index (Phi) is 6.19. The lowest BCUT2D eigenvalue weighted by Gasteiger charge is -2.32. The Bertz CT molecular complexity index is 1450. The van der Waals surface area contributed by atoms with Crippen molar-refractivity contribution >= 4 is 23.3 Å². The van der Waals surface area contributed by atoms with Crippen molar-refractivity contribution in [1.29, 1.82) is 0 Å². The van der Waals surface area contributed by atoms with Crippen LogP contribution in [0, 0.1) is 26.0 Å². The summed E-state index contributed by atoms with van der Waals surface area (Å²) >= 11 is 0. The Balaban J connectivity index is 1.67. The number of aliphatic imine (C=N–C) groups is 2. The van der Waals surface area contributed by atoms with Crippen LogP contribution in [0.25, 0.3) is 16.9 Å². The Morgan fingerprint density at radius 3 is 2.54 bits per heavy atom. The van der Waals surface area contributed by atoms with Crippen molar-refractivity contribution < 1.29 is 19.0 Å². The van der Waals surface area contributed by atoms with Crippen LogP contribution < -0.4 is 11.1 Å². The van der Waals surface area contributed by atoms with Crippen molar-refractivity contribution in [3.05, 3.63) is 80.3 Å². The molecular formula is C22H20FN9O5. The van der Waals surface area contributed by atoms with Gasteiger partial charge in [0.25, 0.3) is 5.69 Å². The minimum absolute atomic E-state index is 0.0530. The highest BCUT2D eigenvalue weighted by atomic mass is 19.1. The SMILES string of the molecule is NC1=NC(c2cn(-c3ccc([N+](=O)[O-])cc3[N+](=O)[O-])nc2-c2ccccc2F)N=C(N2CCOCC2)N1. The van der Waals surface area contributed by atoms with Gasteiger partial charge in [0.15, 0.2) is 12.1 Å². The monoisotopic (exact) mass is 509 g/mol. The van der Waals surface area contributed by atoms with Gasteiger partial charge < -0.3 is 15.4 Å². The first-order chi connectivity index (χ1) is 17.8. The summed E-state index contributed by atoms with van der Waals surface area (Å²) in [7, 11) is 0. The van der Waals surface area contributed by atoms with Crippen LogP contribution in [-0.4, -0.2) is 62.7 Å². The zero-order valence-corrected chi connectivity index (χ0v) is 19.2. The first kappa shape index (κ1) is 23.8. The standard InChI is InChI=1S/C22H20FN9O5/c23-16-4-2-1-3-14(16)19-15(20-25-21(24)27-22(26-20)29-7-9-37-10-8-29)12-30(28-19)17-6-5-13(31(33)34)11-18(17)32(35)36/h1-6,11-12,20H,7-10H2,(H3,24,25,26,27). The van der Waals surface area contributed by atoms with Crippen molar-refractivity contribution in [2.75, 3.05) is 26.3 Å². The molecule has 5 rings (SSSR count). The minimum atomic E-state index is -0.945. The van der Waals surface area contributed by atoms with E-state index in [0.29, 0.717) is 37.8 Å². The van der Waals surface area contributed by atoms with Crippen LogP contribution in [0.4, 0.5) is 15.8 Å². The molecule has 0 aliphatic carbocycles. The molecule has 0 saturated carbocycles. The molecule has 2 aliphatic rings. The summed E-state index contributed by atoms with van der Waals surface area (Å²) in [5, 5.41) is 30.3. The molecule has 2 aliphatic heterocycles. The van der Waals surface area contributed by atoms with E-state index in [4.69, 9.17) is 10.5 Å². The average Bonchev–Trinajstić information content (AvgIpc) is 3.34. The molecule has 15 heteroatoms. The summed E-state index contributed by atoms with van der Waals surface area (Å²) in [6.07, 6.45) is 0.489. The van der Waals surface area contributed by atoms with E-state index in [-0.39, 0.29) is 22.9 Å². The van der Waals surface area contributed by atoms with Gasteiger partial charge in [0.05, 0.1) is 29.1 Å². The number of hydrogen-bond acceptors (Lipinski definition) is 11. The topological polar surface area (TPSA) is 179 Å². The Morgan fingerprint density at radius 2 is 1.84 bits per heavy atom. The Morgan fingerprint density at radius 1 is 1.08 bits per heavy atom. The second-order valence-electron chi connectivity index (χ2n) is 8.11. The van der Waals surface area contributed by atoms with Gasteiger partial charge in [-0.15, -0.1) is 0 Å². The predicted molar refractivity (Wildman–Crippen MR) is 130 cm³/mol. The van der Waals surface area contributed by atoms with Crippen molar-refractivity contribution in [3.63, 3.8) is 0 Å². The van der Waals surface area contributed by atoms with E-state index >= 15 is 0 Å². The lowest BCUT2D eigenvalue weighted by molar-refractivity contribution is -0.394. The largest absolute Gasteiger partial charge is 0.378 e. The summed E-state index contributed by atoms with van der Waals surface area (Å²) in [4.78, 5) is 32.4. The van der Waals surface area contributed by atoms with E-state index in [1.54, 1.807) is 6.07 Å². The molecule has 2 aromatic carbocycles. The fraction of sp³-hybridized carbons (Fsp3) is 0.227. The van der Waals surface area contributed by atoms with Crippen LogP contribution in [-0.2, 0) is 4.74 Å². The van der Waals surface area contributed by atoms with Gasteiger partial charge in [0, 0.05) is 36.5 Å². The van der Waals surface area contributed by atoms with Crippen LogP contribution in [0.5, 0.6) is 0 Å². The minimum Gasteiger partial charge on any atom is -0.378 e. The average molecular weight is 509 g/mol. The van der Waals surface area contributed by atoms with Crippen molar-refractivity contribution in [2.45, 2.75) is 6.17 Å². The molecule has 0 radical (unpaired) electrons. The molecule has 3 aromatic rings. The molecule has 0 bridgehead atoms. The maximum atomic E-state index is 14.9. The number of ether oxygens (including phenoxy) is 1. The van der Waals surface area contributed by atoms with E-state index < -0.39 is 33.2 Å². The smallest absolute Gasteiger partial charge is 0.301 e. The van der Waals surface area contributed by atoms with Gasteiger partial charge in [-0.25, -0.2) is 19.1 Å². The third-order valence-electron chi connectivity index (χ3n) is 5.82. The van der Waals surface area contributed by atoms with Gasteiger partial charge in [0.2, 0.25) is 5.96 Å². The first-order valence-electron chi connectivity index (χ1n) is 11.1. The number of benzene rings is 2. The van der Waals surface area contributed by atoms with Crippen molar-refractivity contribution in [3.8, 4) is 16.9 Å². The molecule has 0 amide bonds. The number of rotatable bonds is 5. The Hall–Kier alpha value is -4.92. The highest BCUT2D eigenvalue weighted by molar-refractivity contribution is 5.99. The third-order valence-corrected chi connectivity index (χ3v) is 5.82. The second-order valence-corrected chi connectivity index (χ2v) is 8.11. The van der Waals surface area contributed by atoms with Gasteiger partial charge >= 0.3 is 5.69 Å². The number of nitrogens with two attached hydrogens (primary N) is 1. The lowest BCUT2D eigenvalue weighted by atomic mass is 10.1. The molecule has 37 heavy (non-hydrogen) atoms. The highest BCUT2D eigenvalue weighted by Gasteiger charge is 2.29. The summed E-state index contributed by atoms with van der Waals surface area (Å²) < 4.78 is 21.4. The van der Waals surface area contributed by atoms with Gasteiger partial charge in [-0.2, -0.15) is 5.10 Å². The quantitative estimate of drug-likeness (QED) is 0.385. The van der Waals surface area contributed by atoms with Crippen LogP contribution in [0.1, 0.15) is 11.7 Å². The number of morpholine rings is 1. The number of halogens is 1. The van der Waals surface area contributed by atoms with Gasteiger partial charge in [-0.3, -0.25) is 25.5 Å². The van der Waals surface area contributed by atoms with Crippen molar-refractivity contribution in [1.82, 2.24) is 20.0 Å². The molecule has 1 atom stereocenters. The number of nitrogens with one attached hydrogen (secondary N) is 1. The second kappa shape index (κ2) is 9.62. The van der Waals surface area contributed by atoms with Crippen LogP contribution in [0.15, 0.2) is 58.6 Å². The molecule has 1 fully saturated rings. The number of guanidine groups is 2. The van der Waals surface area contributed by atoms with E-state index in [2.05, 4.69) is 20.4 Å². The van der Waals surface area contributed by atoms with Crippen LogP contribution in [0.3, 0.4) is 0 Å². The Labute approximate surface area is 208 Å². The molecule has 3 heterocycles. The summed E-state index contributed by atoms with van der Waals surface area (Å²) in [5.41, 5.74) is 5.59. The number of nitro groups is 2. The molecule has 1 unspecified atom stereocenters. The van der Waals surface area contributed by atoms with Gasteiger partial charge in [0.1, 0.15) is 17.2 Å². The molecule has 190 valence electrons. The first-order valence-corrected chi connectivity index (χ1v) is 11.1. The molecule has 1 saturated heterocycles. The number of non-ortho nitro benzene ring substituents is 1. The predicted octanol–water partition coefficient (Wildman–Crippen LogP) is 2.10. The highest BCUT2D eigenvalue weighted by Crippen LogP contribution is 2.35. The maximum Gasteiger partial charge on any atom is 0.301 e. The van der Waals surface area contributed by atoms with Crippen LogP contribution in [0.2, 0.25) is 0 Å². The molecule has 1 aromatic heterocycles. The summed E-state index contributed by atoms with van der Waals surface area (Å²) in [6, 6.07) is 9.09. The van der Waals surface area contributed by atoms with Crippen LogP contribution >= 0.6 is 0 Å². The van der Waals surface area contributed by atoms with Gasteiger partial charge in [-0.05, 0) is 18.2 Å². The summed E-state index contributed by atoms with van der Waals surface area (Å²) in [6.45, 7) is 2.15. The fourth-order valence-corrected chi connectivity index (χ4v) is 4.06. The third kappa shape index (κ3) is 4.66. The van der Waals surface area contributed by atoms with E-state index in [9.17, 15) is 24.6 Å². The lowest BCUT2D eigenvalue weighted by Crippen LogP contribution is -2.52. The van der Waals surface area contributed by atoms with Gasteiger partial charge in [-0.1, -0.05) is 12.1 Å². The summed E-state index contributed by atoms with van der Waals surface area (Å²) in [5.74, 6) is -0.0418. The number of nitro benzene ring substituents is 2. The zero-order chi connectivity index (χ0) is 26.1. The number of hydrogen-bond donors (Lipinski definition) is 2. The molecule has 3 N–H and O–H groups in total. The normalized spacial score (nSPS) is 17.5. The van der Waals surface area contributed by atoms with Crippen molar-refractivity contribution in [2.24, 2.45) is 15.7 Å². The van der Waals surface area contributed by atoms with E-state index in [1.807, 2.05) is 4.90 Å².